The van der Waals surface area contributed by atoms with Crippen LogP contribution in [0.4, 0.5) is 5.82 Å². The number of fused-ring (bicyclic) bond motifs is 3. The van der Waals surface area contributed by atoms with E-state index in [9.17, 15) is 0 Å². The summed E-state index contributed by atoms with van der Waals surface area (Å²) in [6.07, 6.45) is 8.87. The molecule has 3 aromatic heterocycles. The number of hydrogen-bond donors (Lipinski definition) is 1. The highest BCUT2D eigenvalue weighted by molar-refractivity contribution is 7.19. The van der Waals surface area contributed by atoms with Crippen LogP contribution in [0.1, 0.15) is 41.2 Å². The molecule has 5 rings (SSSR count). The topological polar surface area (TPSA) is 64.9 Å². The number of nitrogens with zero attached hydrogens (tertiary/aromatic N) is 4. The first-order chi connectivity index (χ1) is 14.7. The molecule has 1 aliphatic carbocycles. The third-order valence-corrected chi connectivity index (χ3v) is 7.10. The number of ether oxygens (including phenoxy) is 1. The predicted octanol–water partition coefficient (Wildman–Crippen LogP) is 4.76. The number of anilines is 1. The van der Waals surface area contributed by atoms with Crippen LogP contribution in [0.15, 0.2) is 43.0 Å². The van der Waals surface area contributed by atoms with Gasteiger partial charge in [0.15, 0.2) is 0 Å². The van der Waals surface area contributed by atoms with Gasteiger partial charge in [0, 0.05) is 29.9 Å². The molecule has 3 heterocycles. The van der Waals surface area contributed by atoms with Crippen LogP contribution in [0, 0.1) is 5.92 Å². The number of aromatic nitrogens is 4. The molecule has 0 amide bonds. The normalized spacial score (nSPS) is 17.0. The Morgan fingerprint density at radius 2 is 2.10 bits per heavy atom. The maximum Gasteiger partial charge on any atom is 0.139 e. The Morgan fingerprint density at radius 3 is 2.90 bits per heavy atom. The van der Waals surface area contributed by atoms with Gasteiger partial charge >= 0.3 is 0 Å². The lowest BCUT2D eigenvalue weighted by Gasteiger charge is -2.23. The predicted molar refractivity (Wildman–Crippen MR) is 120 cm³/mol. The zero-order valence-corrected chi connectivity index (χ0v) is 18.2. The summed E-state index contributed by atoms with van der Waals surface area (Å²) in [6.45, 7) is 2.33. The quantitative estimate of drug-likeness (QED) is 0.505. The van der Waals surface area contributed by atoms with Crippen LogP contribution in [-0.4, -0.2) is 26.6 Å². The molecule has 0 aliphatic heterocycles. The van der Waals surface area contributed by atoms with Crippen LogP contribution < -0.4 is 10.1 Å². The molecule has 0 radical (unpaired) electrons. The van der Waals surface area contributed by atoms with Crippen molar-refractivity contribution in [1.29, 1.82) is 0 Å². The number of hydrogen-bond acceptors (Lipinski definition) is 6. The number of para-hydroxylation sites is 1. The van der Waals surface area contributed by atoms with Gasteiger partial charge in [-0.25, -0.2) is 15.0 Å². The molecule has 2 atom stereocenters. The average Bonchev–Trinajstić information content (AvgIpc) is 3.35. The molecule has 1 aliphatic rings. The molecule has 0 saturated heterocycles. The summed E-state index contributed by atoms with van der Waals surface area (Å²) in [5.74, 6) is 3.32. The molecule has 0 bridgehead atoms. The summed E-state index contributed by atoms with van der Waals surface area (Å²) >= 11 is 1.81. The first kappa shape index (κ1) is 19.1. The van der Waals surface area contributed by atoms with Crippen LogP contribution in [-0.2, 0) is 19.9 Å². The summed E-state index contributed by atoms with van der Waals surface area (Å²) in [5.41, 5.74) is 2.44. The number of benzene rings is 1. The van der Waals surface area contributed by atoms with Crippen LogP contribution in [0.2, 0.25) is 0 Å². The highest BCUT2D eigenvalue weighted by Gasteiger charge is 2.27. The van der Waals surface area contributed by atoms with Gasteiger partial charge in [-0.2, -0.15) is 0 Å². The summed E-state index contributed by atoms with van der Waals surface area (Å²) in [6, 6.07) is 7.87. The lowest BCUT2D eigenvalue weighted by atomic mass is 9.89. The molecule has 0 saturated carbocycles. The Labute approximate surface area is 180 Å². The monoisotopic (exact) mass is 419 g/mol. The second kappa shape index (κ2) is 7.72. The molecule has 6 nitrogen and oxygen atoms in total. The van der Waals surface area contributed by atoms with Crippen LogP contribution >= 0.6 is 11.3 Å². The molecule has 7 heteroatoms. The summed E-state index contributed by atoms with van der Waals surface area (Å²) < 4.78 is 7.70. The van der Waals surface area contributed by atoms with E-state index in [1.54, 1.807) is 13.4 Å². The van der Waals surface area contributed by atoms with E-state index >= 15 is 0 Å². The Kier molecular flexibility index (Phi) is 4.90. The van der Waals surface area contributed by atoms with Crippen molar-refractivity contribution in [3.63, 3.8) is 0 Å². The van der Waals surface area contributed by atoms with Gasteiger partial charge in [0.2, 0.25) is 0 Å². The molecule has 154 valence electrons. The molecule has 2 unspecified atom stereocenters. The van der Waals surface area contributed by atoms with Crippen molar-refractivity contribution in [2.45, 2.75) is 32.2 Å². The van der Waals surface area contributed by atoms with Gasteiger partial charge in [-0.1, -0.05) is 25.1 Å². The molecule has 1 aromatic carbocycles. The standard InChI is InChI=1S/C23H25N5OS/c1-14-8-9-16-18(12-14)30-23-19(16)21(25-13-26-23)27-20(22-24-10-11-28(22)2)15-6-4-5-7-17(15)29-3/h4-7,10-11,13-14,20H,8-9,12H2,1-3H3,(H,25,26,27). The molecule has 1 N–H and O–H groups in total. The summed E-state index contributed by atoms with van der Waals surface area (Å²) in [4.78, 5) is 16.4. The van der Waals surface area contributed by atoms with Crippen molar-refractivity contribution < 1.29 is 4.74 Å². The van der Waals surface area contributed by atoms with Crippen LogP contribution in [0.5, 0.6) is 5.75 Å². The van der Waals surface area contributed by atoms with Gasteiger partial charge in [0.1, 0.15) is 34.6 Å². The minimum Gasteiger partial charge on any atom is -0.496 e. The highest BCUT2D eigenvalue weighted by atomic mass is 32.1. The molecule has 4 aromatic rings. The Hall–Kier alpha value is -2.93. The number of imidazole rings is 1. The second-order valence-electron chi connectivity index (χ2n) is 7.97. The van der Waals surface area contributed by atoms with Gasteiger partial charge in [-0.3, -0.25) is 0 Å². The van der Waals surface area contributed by atoms with Crippen LogP contribution in [0.25, 0.3) is 10.2 Å². The van der Waals surface area contributed by atoms with Crippen molar-refractivity contribution in [3.8, 4) is 5.75 Å². The van der Waals surface area contributed by atoms with E-state index < -0.39 is 0 Å². The maximum absolute atomic E-state index is 5.67. The Balaban J connectivity index is 1.64. The first-order valence-corrected chi connectivity index (χ1v) is 11.1. The first-order valence-electron chi connectivity index (χ1n) is 10.3. The number of nitrogens with one attached hydrogen (secondary N) is 1. The van der Waals surface area contributed by atoms with Crippen molar-refractivity contribution in [3.05, 3.63) is 64.8 Å². The minimum absolute atomic E-state index is 0.197. The van der Waals surface area contributed by atoms with Crippen molar-refractivity contribution in [1.82, 2.24) is 19.5 Å². The van der Waals surface area contributed by atoms with E-state index in [-0.39, 0.29) is 6.04 Å². The summed E-state index contributed by atoms with van der Waals surface area (Å²) in [7, 11) is 3.71. The lowest BCUT2D eigenvalue weighted by molar-refractivity contribution is 0.408. The van der Waals surface area contributed by atoms with Gasteiger partial charge in [0.05, 0.1) is 12.5 Å². The van der Waals surface area contributed by atoms with E-state index in [1.165, 1.54) is 22.2 Å². The van der Waals surface area contributed by atoms with Crippen molar-refractivity contribution in [2.24, 2.45) is 13.0 Å². The van der Waals surface area contributed by atoms with Gasteiger partial charge in [0.25, 0.3) is 0 Å². The summed E-state index contributed by atoms with van der Waals surface area (Å²) in [5, 5.41) is 4.86. The number of thiophene rings is 1. The second-order valence-corrected chi connectivity index (χ2v) is 9.05. The van der Waals surface area contributed by atoms with E-state index in [1.807, 2.05) is 53.5 Å². The maximum atomic E-state index is 5.67. The zero-order valence-electron chi connectivity index (χ0n) is 17.4. The van der Waals surface area contributed by atoms with E-state index in [0.717, 1.165) is 46.5 Å². The molecule has 30 heavy (non-hydrogen) atoms. The Bertz CT molecular complexity index is 1200. The average molecular weight is 420 g/mol. The zero-order chi connectivity index (χ0) is 20.7. The number of methoxy groups -OCH3 is 1. The van der Waals surface area contributed by atoms with E-state index in [4.69, 9.17) is 4.74 Å². The SMILES string of the molecule is COc1ccccc1C(Nc1ncnc2sc3c(c12)CCC(C)C3)c1nccn1C. The third kappa shape index (κ3) is 3.23. The third-order valence-electron chi connectivity index (χ3n) is 5.94. The van der Waals surface area contributed by atoms with E-state index in [0.29, 0.717) is 0 Å². The fourth-order valence-corrected chi connectivity index (χ4v) is 5.71. The fraction of sp³-hybridized carbons (Fsp3) is 0.348. The smallest absolute Gasteiger partial charge is 0.139 e. The van der Waals surface area contributed by atoms with Gasteiger partial charge in [-0.15, -0.1) is 11.3 Å². The molecule has 0 fully saturated rings. The fourth-order valence-electron chi connectivity index (χ4n) is 4.36. The lowest BCUT2D eigenvalue weighted by Crippen LogP contribution is -2.18. The van der Waals surface area contributed by atoms with Crippen LogP contribution in [0.3, 0.4) is 0 Å². The van der Waals surface area contributed by atoms with E-state index in [2.05, 4.69) is 33.3 Å². The van der Waals surface area contributed by atoms with Gasteiger partial charge < -0.3 is 14.6 Å². The number of rotatable bonds is 5. The van der Waals surface area contributed by atoms with Crippen molar-refractivity contribution >= 4 is 27.4 Å². The molecular weight excluding hydrogens is 394 g/mol. The van der Waals surface area contributed by atoms with Crippen molar-refractivity contribution in [2.75, 3.05) is 12.4 Å². The largest absolute Gasteiger partial charge is 0.496 e. The molecule has 0 spiro atoms. The minimum atomic E-state index is -0.197. The Morgan fingerprint density at radius 1 is 1.23 bits per heavy atom. The highest BCUT2D eigenvalue weighted by Crippen LogP contribution is 2.41. The number of aryl methyl sites for hydroxylation is 2. The molecular formula is C23H25N5OS. The van der Waals surface area contributed by atoms with Gasteiger partial charge in [-0.05, 0) is 36.8 Å².